The molecular formula is C25H30N4O2S. The van der Waals surface area contributed by atoms with E-state index >= 15 is 0 Å². The fourth-order valence-electron chi connectivity index (χ4n) is 3.18. The van der Waals surface area contributed by atoms with Crippen LogP contribution in [0, 0.1) is 13.8 Å². The van der Waals surface area contributed by atoms with Crippen molar-refractivity contribution in [3.05, 3.63) is 77.6 Å². The minimum atomic E-state index is -0.0867. The van der Waals surface area contributed by atoms with Crippen LogP contribution in [0.5, 0.6) is 5.75 Å². The van der Waals surface area contributed by atoms with Gasteiger partial charge in [-0.05, 0) is 61.2 Å². The summed E-state index contributed by atoms with van der Waals surface area (Å²) < 4.78 is 7.83. The molecule has 0 unspecified atom stereocenters. The molecule has 0 radical (unpaired) electrons. The van der Waals surface area contributed by atoms with Crippen molar-refractivity contribution in [2.45, 2.75) is 51.9 Å². The van der Waals surface area contributed by atoms with Gasteiger partial charge >= 0.3 is 0 Å². The highest BCUT2D eigenvalue weighted by Crippen LogP contribution is 2.20. The summed E-state index contributed by atoms with van der Waals surface area (Å²) in [5, 5.41) is 12.1. The van der Waals surface area contributed by atoms with Gasteiger partial charge in [0.05, 0.1) is 5.75 Å². The summed E-state index contributed by atoms with van der Waals surface area (Å²) in [4.78, 5) is 12.4. The first-order valence-corrected chi connectivity index (χ1v) is 11.7. The highest BCUT2D eigenvalue weighted by atomic mass is 32.2. The molecule has 6 nitrogen and oxygen atoms in total. The smallest absolute Gasteiger partial charge is 0.234 e. The van der Waals surface area contributed by atoms with Crippen LogP contribution in [0.25, 0.3) is 0 Å². The molecule has 1 heterocycles. The van der Waals surface area contributed by atoms with Crippen LogP contribution < -0.4 is 10.1 Å². The Morgan fingerprint density at radius 3 is 2.62 bits per heavy atom. The van der Waals surface area contributed by atoms with Crippen molar-refractivity contribution in [2.75, 3.05) is 11.1 Å². The summed E-state index contributed by atoms with van der Waals surface area (Å²) in [5.41, 5.74) is 4.44. The van der Waals surface area contributed by atoms with E-state index in [0.29, 0.717) is 24.1 Å². The average molecular weight is 451 g/mol. The molecule has 0 atom stereocenters. The van der Waals surface area contributed by atoms with Crippen LogP contribution in [0.4, 0.5) is 5.69 Å². The fourth-order valence-corrected chi connectivity index (χ4v) is 3.95. The van der Waals surface area contributed by atoms with Gasteiger partial charge in [0.2, 0.25) is 5.91 Å². The third-order valence-electron chi connectivity index (χ3n) is 5.06. The highest BCUT2D eigenvalue weighted by Gasteiger charge is 2.14. The SMILES string of the molecule is C=CCn1c(COc2ccc(CCC)cc2)nnc1SCC(=O)Nc1ccc(C)c(C)c1. The van der Waals surface area contributed by atoms with Crippen molar-refractivity contribution >= 4 is 23.4 Å². The van der Waals surface area contributed by atoms with E-state index in [2.05, 4.69) is 41.1 Å². The van der Waals surface area contributed by atoms with Gasteiger partial charge in [-0.1, -0.05) is 49.4 Å². The second kappa shape index (κ2) is 11.5. The van der Waals surface area contributed by atoms with E-state index in [0.717, 1.165) is 29.8 Å². The van der Waals surface area contributed by atoms with E-state index in [9.17, 15) is 4.79 Å². The Kier molecular flexibility index (Phi) is 8.50. The molecule has 1 amide bonds. The summed E-state index contributed by atoms with van der Waals surface area (Å²) in [7, 11) is 0. The van der Waals surface area contributed by atoms with Crippen molar-refractivity contribution in [2.24, 2.45) is 0 Å². The predicted molar refractivity (Wildman–Crippen MR) is 130 cm³/mol. The number of aryl methyl sites for hydroxylation is 3. The Morgan fingerprint density at radius 2 is 1.94 bits per heavy atom. The van der Waals surface area contributed by atoms with E-state index in [-0.39, 0.29) is 11.7 Å². The largest absolute Gasteiger partial charge is 0.486 e. The minimum absolute atomic E-state index is 0.0867. The van der Waals surface area contributed by atoms with E-state index < -0.39 is 0 Å². The first-order valence-electron chi connectivity index (χ1n) is 10.7. The molecule has 0 saturated heterocycles. The summed E-state index contributed by atoms with van der Waals surface area (Å²) in [6, 6.07) is 14.0. The zero-order valence-corrected chi connectivity index (χ0v) is 19.7. The number of nitrogens with one attached hydrogen (secondary N) is 1. The lowest BCUT2D eigenvalue weighted by molar-refractivity contribution is -0.113. The first-order chi connectivity index (χ1) is 15.5. The van der Waals surface area contributed by atoms with Crippen molar-refractivity contribution in [3.8, 4) is 5.75 Å². The Balaban J connectivity index is 1.59. The minimum Gasteiger partial charge on any atom is -0.486 e. The fraction of sp³-hybridized carbons (Fsp3) is 0.320. The number of benzene rings is 2. The molecule has 7 heteroatoms. The zero-order valence-electron chi connectivity index (χ0n) is 18.9. The third kappa shape index (κ3) is 6.47. The van der Waals surface area contributed by atoms with Crippen LogP contribution in [-0.2, 0) is 24.4 Å². The van der Waals surface area contributed by atoms with E-state index in [1.54, 1.807) is 6.08 Å². The average Bonchev–Trinajstić information content (AvgIpc) is 3.16. The number of allylic oxidation sites excluding steroid dienone is 1. The molecule has 32 heavy (non-hydrogen) atoms. The number of aromatic nitrogens is 3. The Morgan fingerprint density at radius 1 is 1.16 bits per heavy atom. The molecule has 0 fully saturated rings. The molecule has 0 spiro atoms. The Labute approximate surface area is 194 Å². The van der Waals surface area contributed by atoms with Gasteiger partial charge in [0.1, 0.15) is 12.4 Å². The number of hydrogen-bond acceptors (Lipinski definition) is 5. The maximum atomic E-state index is 12.4. The standard InChI is InChI=1S/C25H30N4O2S/c1-5-7-20-9-12-22(13-10-20)31-16-23-27-28-25(29(23)14-6-2)32-17-24(30)26-21-11-8-18(3)19(4)15-21/h6,8-13,15H,2,5,7,14,16-17H2,1,3-4H3,(H,26,30). The van der Waals surface area contributed by atoms with Gasteiger partial charge in [0.15, 0.2) is 11.0 Å². The number of nitrogens with zero attached hydrogens (tertiary/aromatic N) is 3. The number of anilines is 1. The topological polar surface area (TPSA) is 69.0 Å². The van der Waals surface area contributed by atoms with Crippen LogP contribution in [0.2, 0.25) is 0 Å². The lowest BCUT2D eigenvalue weighted by Gasteiger charge is -2.10. The van der Waals surface area contributed by atoms with Crippen LogP contribution in [-0.4, -0.2) is 26.4 Å². The molecule has 3 rings (SSSR count). The zero-order chi connectivity index (χ0) is 22.9. The molecule has 1 aromatic heterocycles. The molecule has 168 valence electrons. The highest BCUT2D eigenvalue weighted by molar-refractivity contribution is 7.99. The van der Waals surface area contributed by atoms with Crippen LogP contribution in [0.15, 0.2) is 60.3 Å². The third-order valence-corrected chi connectivity index (χ3v) is 6.02. The van der Waals surface area contributed by atoms with Crippen molar-refractivity contribution in [3.63, 3.8) is 0 Å². The summed E-state index contributed by atoms with van der Waals surface area (Å²) in [6.07, 6.45) is 3.96. The molecule has 0 bridgehead atoms. The molecule has 0 aliphatic rings. The van der Waals surface area contributed by atoms with E-state index in [4.69, 9.17) is 4.74 Å². The molecule has 0 aliphatic carbocycles. The predicted octanol–water partition coefficient (Wildman–Crippen LogP) is 5.34. The molecule has 2 aromatic carbocycles. The number of rotatable bonds is 11. The van der Waals surface area contributed by atoms with Gasteiger partial charge in [0.25, 0.3) is 0 Å². The van der Waals surface area contributed by atoms with Crippen molar-refractivity contribution in [1.82, 2.24) is 14.8 Å². The first kappa shape index (κ1) is 23.6. The van der Waals surface area contributed by atoms with Gasteiger partial charge in [-0.15, -0.1) is 16.8 Å². The van der Waals surface area contributed by atoms with Crippen molar-refractivity contribution < 1.29 is 9.53 Å². The number of carbonyl (C=O) groups excluding carboxylic acids is 1. The second-order valence-electron chi connectivity index (χ2n) is 7.62. The lowest BCUT2D eigenvalue weighted by Crippen LogP contribution is -2.15. The summed E-state index contributed by atoms with van der Waals surface area (Å²) in [6.45, 7) is 10.9. The van der Waals surface area contributed by atoms with Crippen LogP contribution >= 0.6 is 11.8 Å². The van der Waals surface area contributed by atoms with Gasteiger partial charge < -0.3 is 10.1 Å². The van der Waals surface area contributed by atoms with Crippen LogP contribution in [0.1, 0.15) is 35.9 Å². The lowest BCUT2D eigenvalue weighted by atomic mass is 10.1. The quantitative estimate of drug-likeness (QED) is 0.315. The number of thioether (sulfide) groups is 1. The van der Waals surface area contributed by atoms with E-state index in [1.165, 1.54) is 22.9 Å². The molecule has 0 aliphatic heterocycles. The number of amides is 1. The van der Waals surface area contributed by atoms with Gasteiger partial charge in [0, 0.05) is 12.2 Å². The van der Waals surface area contributed by atoms with Gasteiger partial charge in [-0.3, -0.25) is 9.36 Å². The Bertz CT molecular complexity index is 1060. The molecule has 3 aromatic rings. The normalized spacial score (nSPS) is 10.7. The maximum absolute atomic E-state index is 12.4. The van der Waals surface area contributed by atoms with Crippen LogP contribution in [0.3, 0.4) is 0 Å². The van der Waals surface area contributed by atoms with E-state index in [1.807, 2.05) is 48.7 Å². The second-order valence-corrected chi connectivity index (χ2v) is 8.56. The maximum Gasteiger partial charge on any atom is 0.234 e. The summed E-state index contributed by atoms with van der Waals surface area (Å²) in [5.74, 6) is 1.64. The number of carbonyl (C=O) groups is 1. The van der Waals surface area contributed by atoms with Gasteiger partial charge in [-0.2, -0.15) is 0 Å². The number of ether oxygens (including phenoxy) is 1. The monoisotopic (exact) mass is 450 g/mol. The molecule has 0 saturated carbocycles. The van der Waals surface area contributed by atoms with Crippen molar-refractivity contribution in [1.29, 1.82) is 0 Å². The Hall–Kier alpha value is -3.06. The molecular weight excluding hydrogens is 420 g/mol. The molecule has 1 N–H and O–H groups in total. The summed E-state index contributed by atoms with van der Waals surface area (Å²) >= 11 is 1.35. The van der Waals surface area contributed by atoms with Gasteiger partial charge in [-0.25, -0.2) is 0 Å². The number of hydrogen-bond donors (Lipinski definition) is 1.